The molecule has 100 valence electrons. The van der Waals surface area contributed by atoms with E-state index in [2.05, 4.69) is 30.2 Å². The fourth-order valence-electron chi connectivity index (χ4n) is 2.32. The summed E-state index contributed by atoms with van der Waals surface area (Å²) in [5, 5.41) is 5.50. The molecule has 1 fully saturated rings. The van der Waals surface area contributed by atoms with Gasteiger partial charge in [0.2, 0.25) is 0 Å². The van der Waals surface area contributed by atoms with Gasteiger partial charge in [0.05, 0.1) is 0 Å². The molecule has 1 saturated carbocycles. The van der Waals surface area contributed by atoms with Crippen LogP contribution >= 0.6 is 11.8 Å². The summed E-state index contributed by atoms with van der Waals surface area (Å²) >= 11 is 1.99. The van der Waals surface area contributed by atoms with Gasteiger partial charge in [0.25, 0.3) is 0 Å². The number of thioether (sulfide) groups is 1. The molecule has 0 saturated heterocycles. The van der Waals surface area contributed by atoms with Gasteiger partial charge in [0.15, 0.2) is 0 Å². The van der Waals surface area contributed by atoms with Gasteiger partial charge in [-0.15, -0.1) is 11.8 Å². The van der Waals surface area contributed by atoms with Crippen LogP contribution in [0.3, 0.4) is 0 Å². The summed E-state index contributed by atoms with van der Waals surface area (Å²) in [6.45, 7) is 5.30. The standard InChI is InChI=1S/C15H24N2S/c1-12(2)17-11-13-7-6-10-16-15(13)18-14-8-4-3-5-9-14/h6-7,10,12,14,17H,3-5,8-9,11H2,1-2H3. The number of aromatic nitrogens is 1. The van der Waals surface area contributed by atoms with E-state index in [9.17, 15) is 0 Å². The minimum Gasteiger partial charge on any atom is -0.310 e. The molecule has 1 aliphatic carbocycles. The predicted octanol–water partition coefficient (Wildman–Crippen LogP) is 4.00. The van der Waals surface area contributed by atoms with Crippen LogP contribution < -0.4 is 5.32 Å². The van der Waals surface area contributed by atoms with E-state index in [0.29, 0.717) is 6.04 Å². The number of nitrogens with zero attached hydrogens (tertiary/aromatic N) is 1. The van der Waals surface area contributed by atoms with Gasteiger partial charge in [-0.1, -0.05) is 39.2 Å². The van der Waals surface area contributed by atoms with Gasteiger partial charge < -0.3 is 5.32 Å². The zero-order chi connectivity index (χ0) is 12.8. The fraction of sp³-hybridized carbons (Fsp3) is 0.667. The van der Waals surface area contributed by atoms with Crippen molar-refractivity contribution in [2.24, 2.45) is 0 Å². The Morgan fingerprint density at radius 3 is 2.83 bits per heavy atom. The summed E-state index contributed by atoms with van der Waals surface area (Å²) in [7, 11) is 0. The van der Waals surface area contributed by atoms with Crippen LogP contribution in [-0.2, 0) is 6.54 Å². The summed E-state index contributed by atoms with van der Waals surface area (Å²) < 4.78 is 0. The smallest absolute Gasteiger partial charge is 0.101 e. The number of nitrogens with one attached hydrogen (secondary N) is 1. The van der Waals surface area contributed by atoms with E-state index in [1.165, 1.54) is 42.7 Å². The van der Waals surface area contributed by atoms with Crippen LogP contribution in [-0.4, -0.2) is 16.3 Å². The van der Waals surface area contributed by atoms with E-state index in [0.717, 1.165) is 11.8 Å². The zero-order valence-electron chi connectivity index (χ0n) is 11.5. The fourth-order valence-corrected chi connectivity index (χ4v) is 3.62. The molecule has 0 aliphatic heterocycles. The van der Waals surface area contributed by atoms with E-state index in [-0.39, 0.29) is 0 Å². The van der Waals surface area contributed by atoms with Crippen molar-refractivity contribution >= 4 is 11.8 Å². The second-order valence-electron chi connectivity index (χ2n) is 5.38. The second-order valence-corrected chi connectivity index (χ2v) is 6.67. The van der Waals surface area contributed by atoms with E-state index in [1.807, 2.05) is 24.0 Å². The van der Waals surface area contributed by atoms with Gasteiger partial charge in [-0.3, -0.25) is 0 Å². The van der Waals surface area contributed by atoms with Crippen LogP contribution in [0.1, 0.15) is 51.5 Å². The zero-order valence-corrected chi connectivity index (χ0v) is 12.3. The van der Waals surface area contributed by atoms with Crippen molar-refractivity contribution in [1.82, 2.24) is 10.3 Å². The summed E-state index contributed by atoms with van der Waals surface area (Å²) in [5.74, 6) is 0. The van der Waals surface area contributed by atoms with Crippen molar-refractivity contribution in [2.75, 3.05) is 0 Å². The molecule has 0 amide bonds. The van der Waals surface area contributed by atoms with Gasteiger partial charge in [0.1, 0.15) is 5.03 Å². The Bertz CT molecular complexity index is 359. The molecule has 1 aromatic heterocycles. The molecule has 1 aliphatic rings. The first-order valence-electron chi connectivity index (χ1n) is 7.09. The van der Waals surface area contributed by atoms with Gasteiger partial charge in [-0.2, -0.15) is 0 Å². The monoisotopic (exact) mass is 264 g/mol. The van der Waals surface area contributed by atoms with Crippen molar-refractivity contribution in [3.8, 4) is 0 Å². The quantitative estimate of drug-likeness (QED) is 0.870. The predicted molar refractivity (Wildman–Crippen MR) is 78.9 cm³/mol. The van der Waals surface area contributed by atoms with Crippen molar-refractivity contribution < 1.29 is 0 Å². The van der Waals surface area contributed by atoms with Crippen molar-refractivity contribution in [3.63, 3.8) is 0 Å². The Kier molecular flexibility index (Phi) is 5.51. The molecule has 0 unspecified atom stereocenters. The number of hydrogen-bond donors (Lipinski definition) is 1. The first kappa shape index (κ1) is 13.9. The van der Waals surface area contributed by atoms with Crippen LogP contribution in [0.15, 0.2) is 23.4 Å². The van der Waals surface area contributed by atoms with E-state index in [1.54, 1.807) is 0 Å². The number of pyridine rings is 1. The molecule has 0 spiro atoms. The molecule has 18 heavy (non-hydrogen) atoms. The molecular formula is C15H24N2S. The summed E-state index contributed by atoms with van der Waals surface area (Å²) in [5.41, 5.74) is 1.35. The van der Waals surface area contributed by atoms with Crippen molar-refractivity contribution in [3.05, 3.63) is 23.9 Å². The third-order valence-electron chi connectivity index (χ3n) is 3.38. The molecule has 0 atom stereocenters. The lowest BCUT2D eigenvalue weighted by molar-refractivity contribution is 0.515. The number of hydrogen-bond acceptors (Lipinski definition) is 3. The van der Waals surface area contributed by atoms with Crippen LogP contribution in [0.2, 0.25) is 0 Å². The van der Waals surface area contributed by atoms with E-state index >= 15 is 0 Å². The highest BCUT2D eigenvalue weighted by atomic mass is 32.2. The van der Waals surface area contributed by atoms with Gasteiger partial charge >= 0.3 is 0 Å². The van der Waals surface area contributed by atoms with Crippen LogP contribution in [0, 0.1) is 0 Å². The molecular weight excluding hydrogens is 240 g/mol. The highest BCUT2D eigenvalue weighted by Crippen LogP contribution is 2.33. The van der Waals surface area contributed by atoms with Crippen LogP contribution in [0.4, 0.5) is 0 Å². The summed E-state index contributed by atoms with van der Waals surface area (Å²) in [6, 6.07) is 4.77. The first-order valence-corrected chi connectivity index (χ1v) is 7.97. The lowest BCUT2D eigenvalue weighted by Crippen LogP contribution is -2.22. The summed E-state index contributed by atoms with van der Waals surface area (Å²) in [4.78, 5) is 4.57. The van der Waals surface area contributed by atoms with E-state index in [4.69, 9.17) is 0 Å². The molecule has 2 rings (SSSR count). The topological polar surface area (TPSA) is 24.9 Å². The van der Waals surface area contributed by atoms with Crippen LogP contribution in [0.25, 0.3) is 0 Å². The molecule has 0 bridgehead atoms. The summed E-state index contributed by atoms with van der Waals surface area (Å²) in [6.07, 6.45) is 8.84. The Balaban J connectivity index is 1.97. The van der Waals surface area contributed by atoms with E-state index < -0.39 is 0 Å². The molecule has 1 heterocycles. The number of rotatable bonds is 5. The molecule has 0 radical (unpaired) electrons. The Morgan fingerprint density at radius 2 is 2.11 bits per heavy atom. The molecule has 1 N–H and O–H groups in total. The van der Waals surface area contributed by atoms with Crippen molar-refractivity contribution in [2.45, 2.75) is 68.8 Å². The normalized spacial score (nSPS) is 17.3. The lowest BCUT2D eigenvalue weighted by Gasteiger charge is -2.21. The Morgan fingerprint density at radius 1 is 1.33 bits per heavy atom. The average molecular weight is 264 g/mol. The Hall–Kier alpha value is -0.540. The van der Waals surface area contributed by atoms with Gasteiger partial charge in [-0.25, -0.2) is 4.98 Å². The molecule has 1 aromatic rings. The third kappa shape index (κ3) is 4.29. The third-order valence-corrected chi connectivity index (χ3v) is 4.78. The SMILES string of the molecule is CC(C)NCc1cccnc1SC1CCCCC1. The van der Waals surface area contributed by atoms with Crippen molar-refractivity contribution in [1.29, 1.82) is 0 Å². The highest BCUT2D eigenvalue weighted by Gasteiger charge is 2.16. The Labute approximate surface area is 115 Å². The second kappa shape index (κ2) is 7.15. The first-order chi connectivity index (χ1) is 8.75. The van der Waals surface area contributed by atoms with Crippen LogP contribution in [0.5, 0.6) is 0 Å². The average Bonchev–Trinajstić information content (AvgIpc) is 2.39. The van der Waals surface area contributed by atoms with Gasteiger partial charge in [0, 0.05) is 24.0 Å². The maximum absolute atomic E-state index is 4.57. The minimum absolute atomic E-state index is 0.526. The molecule has 2 nitrogen and oxygen atoms in total. The maximum Gasteiger partial charge on any atom is 0.101 e. The molecule has 0 aromatic carbocycles. The highest BCUT2D eigenvalue weighted by molar-refractivity contribution is 7.99. The maximum atomic E-state index is 4.57. The lowest BCUT2D eigenvalue weighted by atomic mass is 10.0. The van der Waals surface area contributed by atoms with Gasteiger partial charge in [-0.05, 0) is 24.5 Å². The minimum atomic E-state index is 0.526. The largest absolute Gasteiger partial charge is 0.310 e. The molecule has 3 heteroatoms.